The molecule has 0 aliphatic heterocycles. The van der Waals surface area contributed by atoms with Crippen molar-refractivity contribution in [3.05, 3.63) is 42.7 Å². The van der Waals surface area contributed by atoms with Crippen molar-refractivity contribution < 1.29 is 5.11 Å². The molecule has 1 N–H and O–H groups in total. The highest BCUT2D eigenvalue weighted by Crippen LogP contribution is 2.22. The highest BCUT2D eigenvalue weighted by molar-refractivity contribution is 5.82. The summed E-state index contributed by atoms with van der Waals surface area (Å²) in [5.41, 5.74) is 2.43. The number of nitrogens with zero attached hydrogens (tertiary/aromatic N) is 2. The Bertz CT molecular complexity index is 547. The Labute approximate surface area is 87.4 Å². The number of phenolic OH excluding ortho intramolecular Hbond substituents is 1. The number of phenols is 1. The van der Waals surface area contributed by atoms with Gasteiger partial charge in [-0.1, -0.05) is 19.2 Å². The summed E-state index contributed by atoms with van der Waals surface area (Å²) in [5, 5.41) is 9.59. The summed E-state index contributed by atoms with van der Waals surface area (Å²) < 4.78 is 0. The van der Waals surface area contributed by atoms with Gasteiger partial charge in [0, 0.05) is 0 Å². The second-order valence-corrected chi connectivity index (χ2v) is 3.05. The lowest BCUT2D eigenvalue weighted by Crippen LogP contribution is -1.93. The van der Waals surface area contributed by atoms with E-state index in [9.17, 15) is 5.11 Å². The van der Waals surface area contributed by atoms with E-state index in [-0.39, 0.29) is 5.75 Å². The van der Waals surface area contributed by atoms with Crippen LogP contribution in [0.25, 0.3) is 23.2 Å². The summed E-state index contributed by atoms with van der Waals surface area (Å²) >= 11 is 0. The minimum atomic E-state index is 0.124. The zero-order chi connectivity index (χ0) is 10.8. The molecule has 3 nitrogen and oxygen atoms in total. The first-order chi connectivity index (χ1) is 7.26. The van der Waals surface area contributed by atoms with Crippen LogP contribution in [0.15, 0.2) is 31.4 Å². The first-order valence-electron chi connectivity index (χ1n) is 4.51. The molecule has 1 aromatic carbocycles. The molecule has 0 atom stereocenters. The van der Waals surface area contributed by atoms with Gasteiger partial charge < -0.3 is 5.11 Å². The number of benzene rings is 1. The number of hydrogen-bond acceptors (Lipinski definition) is 3. The maximum atomic E-state index is 9.59. The SMILES string of the molecule is C=Cc1nc2cccc(O)c2nc1C=C. The molecule has 0 spiro atoms. The fourth-order valence-corrected chi connectivity index (χ4v) is 1.39. The lowest BCUT2D eigenvalue weighted by Gasteiger charge is -2.03. The fourth-order valence-electron chi connectivity index (χ4n) is 1.39. The first-order valence-corrected chi connectivity index (χ1v) is 4.51. The van der Waals surface area contributed by atoms with Crippen LogP contribution in [0.5, 0.6) is 5.75 Å². The van der Waals surface area contributed by atoms with Crippen LogP contribution < -0.4 is 0 Å². The Morgan fingerprint density at radius 1 is 1.07 bits per heavy atom. The molecule has 0 amide bonds. The van der Waals surface area contributed by atoms with E-state index >= 15 is 0 Å². The van der Waals surface area contributed by atoms with Gasteiger partial charge in [-0.3, -0.25) is 0 Å². The molecule has 0 unspecified atom stereocenters. The van der Waals surface area contributed by atoms with Gasteiger partial charge in [0.15, 0.2) is 0 Å². The number of aromatic hydroxyl groups is 1. The van der Waals surface area contributed by atoms with Gasteiger partial charge in [-0.2, -0.15) is 0 Å². The van der Waals surface area contributed by atoms with Crippen molar-refractivity contribution in [2.45, 2.75) is 0 Å². The monoisotopic (exact) mass is 198 g/mol. The highest BCUT2D eigenvalue weighted by Gasteiger charge is 2.06. The summed E-state index contributed by atoms with van der Waals surface area (Å²) in [6.45, 7) is 7.30. The summed E-state index contributed by atoms with van der Waals surface area (Å²) in [7, 11) is 0. The van der Waals surface area contributed by atoms with Crippen molar-refractivity contribution in [2.75, 3.05) is 0 Å². The lowest BCUT2D eigenvalue weighted by molar-refractivity contribution is 0.480. The first kappa shape index (κ1) is 9.40. The third kappa shape index (κ3) is 1.48. The maximum Gasteiger partial charge on any atom is 0.143 e. The molecule has 1 aromatic heterocycles. The van der Waals surface area contributed by atoms with Crippen LogP contribution in [0, 0.1) is 0 Å². The average Bonchev–Trinajstić information content (AvgIpc) is 2.28. The minimum Gasteiger partial charge on any atom is -0.506 e. The summed E-state index contributed by atoms with van der Waals surface area (Å²) in [4.78, 5) is 8.58. The van der Waals surface area contributed by atoms with Gasteiger partial charge in [0.05, 0.1) is 16.9 Å². The van der Waals surface area contributed by atoms with E-state index in [2.05, 4.69) is 23.1 Å². The molecule has 1 heterocycles. The topological polar surface area (TPSA) is 46.0 Å². The van der Waals surface area contributed by atoms with E-state index in [1.54, 1.807) is 30.4 Å². The number of fused-ring (bicyclic) bond motifs is 1. The quantitative estimate of drug-likeness (QED) is 0.806. The van der Waals surface area contributed by atoms with Crippen molar-refractivity contribution in [1.29, 1.82) is 0 Å². The average molecular weight is 198 g/mol. The van der Waals surface area contributed by atoms with E-state index in [0.29, 0.717) is 22.4 Å². The third-order valence-corrected chi connectivity index (χ3v) is 2.12. The maximum absolute atomic E-state index is 9.59. The van der Waals surface area contributed by atoms with Crippen molar-refractivity contribution in [3.8, 4) is 5.75 Å². The summed E-state index contributed by atoms with van der Waals surface area (Å²) in [6.07, 6.45) is 3.21. The fraction of sp³-hybridized carbons (Fsp3) is 0. The lowest BCUT2D eigenvalue weighted by atomic mass is 10.2. The Morgan fingerprint density at radius 2 is 1.73 bits per heavy atom. The van der Waals surface area contributed by atoms with E-state index in [4.69, 9.17) is 0 Å². The van der Waals surface area contributed by atoms with Gasteiger partial charge in [-0.25, -0.2) is 9.97 Å². The second kappa shape index (κ2) is 3.53. The Morgan fingerprint density at radius 3 is 2.40 bits per heavy atom. The molecule has 0 radical (unpaired) electrons. The molecule has 0 fully saturated rings. The van der Waals surface area contributed by atoms with Gasteiger partial charge in [0.2, 0.25) is 0 Å². The van der Waals surface area contributed by atoms with Gasteiger partial charge in [-0.05, 0) is 24.3 Å². The molecule has 0 saturated carbocycles. The zero-order valence-corrected chi connectivity index (χ0v) is 8.14. The summed E-state index contributed by atoms with van der Waals surface area (Å²) in [5.74, 6) is 0.124. The molecule has 0 bridgehead atoms. The number of hydrogen-bond donors (Lipinski definition) is 1. The molecule has 3 heteroatoms. The molecule has 2 aromatic rings. The number of rotatable bonds is 2. The van der Waals surface area contributed by atoms with Crippen molar-refractivity contribution in [1.82, 2.24) is 9.97 Å². The van der Waals surface area contributed by atoms with Crippen LogP contribution in [0.2, 0.25) is 0 Å². The normalized spacial score (nSPS) is 10.1. The largest absolute Gasteiger partial charge is 0.506 e. The van der Waals surface area contributed by atoms with Crippen LogP contribution in [0.4, 0.5) is 0 Å². The molecule has 74 valence electrons. The van der Waals surface area contributed by atoms with Crippen molar-refractivity contribution in [3.63, 3.8) is 0 Å². The minimum absolute atomic E-state index is 0.124. The van der Waals surface area contributed by atoms with Gasteiger partial charge >= 0.3 is 0 Å². The standard InChI is InChI=1S/C12H10N2O/c1-3-8-9(4-2)14-12-10(13-8)6-5-7-11(12)15/h3-7,15H,1-2H2. The molecular formula is C12H10N2O. The predicted molar refractivity (Wildman–Crippen MR) is 61.4 cm³/mol. The van der Waals surface area contributed by atoms with Crippen molar-refractivity contribution in [2.24, 2.45) is 0 Å². The third-order valence-electron chi connectivity index (χ3n) is 2.12. The number of aromatic nitrogens is 2. The summed E-state index contributed by atoms with van der Waals surface area (Å²) in [6, 6.07) is 5.10. The predicted octanol–water partition coefficient (Wildman–Crippen LogP) is 2.62. The van der Waals surface area contributed by atoms with Crippen LogP contribution in [-0.4, -0.2) is 15.1 Å². The van der Waals surface area contributed by atoms with E-state index < -0.39 is 0 Å². The Balaban J connectivity index is 2.86. The highest BCUT2D eigenvalue weighted by atomic mass is 16.3. The van der Waals surface area contributed by atoms with Crippen molar-refractivity contribution >= 4 is 23.2 Å². The van der Waals surface area contributed by atoms with Crippen LogP contribution in [-0.2, 0) is 0 Å². The van der Waals surface area contributed by atoms with E-state index in [1.807, 2.05) is 0 Å². The molecule has 0 aliphatic rings. The zero-order valence-electron chi connectivity index (χ0n) is 8.14. The van der Waals surface area contributed by atoms with Gasteiger partial charge in [-0.15, -0.1) is 0 Å². The molecule has 0 aliphatic carbocycles. The number of para-hydroxylation sites is 1. The molecular weight excluding hydrogens is 188 g/mol. The Hall–Kier alpha value is -2.16. The second-order valence-electron chi connectivity index (χ2n) is 3.05. The van der Waals surface area contributed by atoms with E-state index in [0.717, 1.165) is 0 Å². The Kier molecular flexibility index (Phi) is 2.21. The van der Waals surface area contributed by atoms with Crippen LogP contribution in [0.3, 0.4) is 0 Å². The van der Waals surface area contributed by atoms with Gasteiger partial charge in [0.1, 0.15) is 11.3 Å². The molecule has 15 heavy (non-hydrogen) atoms. The molecule has 2 rings (SSSR count). The van der Waals surface area contributed by atoms with Gasteiger partial charge in [0.25, 0.3) is 0 Å². The smallest absolute Gasteiger partial charge is 0.143 e. The molecule has 0 saturated heterocycles. The van der Waals surface area contributed by atoms with E-state index in [1.165, 1.54) is 0 Å². The van der Waals surface area contributed by atoms with Crippen LogP contribution >= 0.6 is 0 Å². The van der Waals surface area contributed by atoms with Crippen LogP contribution in [0.1, 0.15) is 11.4 Å².